The Bertz CT molecular complexity index is 1800. The first-order valence-corrected chi connectivity index (χ1v) is 19.0. The van der Waals surface area contributed by atoms with Gasteiger partial charge in [0.05, 0.1) is 23.5 Å². The number of rotatable bonds is 7. The van der Waals surface area contributed by atoms with Gasteiger partial charge < -0.3 is 43.0 Å². The molecule has 2 aliphatic heterocycles. The van der Waals surface area contributed by atoms with Gasteiger partial charge in [-0.1, -0.05) is 33.1 Å². The first-order chi connectivity index (χ1) is 25.9. The van der Waals surface area contributed by atoms with Crippen LogP contribution in [0.4, 0.5) is 0 Å². The van der Waals surface area contributed by atoms with Crippen molar-refractivity contribution in [1.82, 2.24) is 0 Å². The molecule has 4 saturated carbocycles. The molecule has 6 rings (SSSR count). The van der Waals surface area contributed by atoms with E-state index in [1.54, 1.807) is 26.8 Å². The van der Waals surface area contributed by atoms with Gasteiger partial charge in [-0.15, -0.1) is 0 Å². The predicted octanol–water partition coefficient (Wildman–Crippen LogP) is 3.44. The Balaban J connectivity index is 1.72. The number of hydrogen-bond acceptors (Lipinski definition) is 15. The second-order valence-corrected chi connectivity index (χ2v) is 17.2. The largest absolute Gasteiger partial charge is 0.490 e. The third-order valence-electron chi connectivity index (χ3n) is 14.5. The molecule has 0 aromatic carbocycles. The van der Waals surface area contributed by atoms with Crippen LogP contribution >= 0.6 is 0 Å². The molecule has 5 fully saturated rings. The molecular formula is C41H54O15. The van der Waals surface area contributed by atoms with Crippen LogP contribution in [0.3, 0.4) is 0 Å². The number of epoxide rings is 1. The number of allylic oxidation sites excluding steroid dienone is 2. The van der Waals surface area contributed by atoms with Crippen molar-refractivity contribution in [1.29, 1.82) is 0 Å². The van der Waals surface area contributed by atoms with Gasteiger partial charge in [0.1, 0.15) is 36.8 Å². The summed E-state index contributed by atoms with van der Waals surface area (Å²) in [4.78, 5) is 79.8. The van der Waals surface area contributed by atoms with E-state index in [1.165, 1.54) is 34.8 Å². The van der Waals surface area contributed by atoms with E-state index in [9.17, 15) is 33.9 Å². The molecule has 0 unspecified atom stereocenters. The molecule has 0 aromatic heterocycles. The summed E-state index contributed by atoms with van der Waals surface area (Å²) in [5.74, 6) is -6.77. The van der Waals surface area contributed by atoms with Gasteiger partial charge >= 0.3 is 35.8 Å². The molecule has 4 aliphatic carbocycles. The Morgan fingerprint density at radius 3 is 1.98 bits per heavy atom. The van der Waals surface area contributed by atoms with Crippen molar-refractivity contribution in [2.24, 2.45) is 39.4 Å². The smallest absolute Gasteiger partial charge is 0.342 e. The van der Waals surface area contributed by atoms with Gasteiger partial charge in [-0.25, -0.2) is 4.79 Å². The highest BCUT2D eigenvalue weighted by Crippen LogP contribution is 2.78. The van der Waals surface area contributed by atoms with Crippen LogP contribution in [0.2, 0.25) is 0 Å². The molecule has 1 N–H and O–H groups in total. The highest BCUT2D eigenvalue weighted by atomic mass is 16.7. The first kappa shape index (κ1) is 41.4. The molecule has 0 radical (unpaired) electrons. The Kier molecular flexibility index (Phi) is 9.92. The number of carbonyl (C=O) groups excluding carboxylic acids is 6. The number of aliphatic hydroxyl groups is 1. The summed E-state index contributed by atoms with van der Waals surface area (Å²) >= 11 is 0. The van der Waals surface area contributed by atoms with Crippen molar-refractivity contribution >= 4 is 35.8 Å². The Morgan fingerprint density at radius 2 is 1.43 bits per heavy atom. The second-order valence-electron chi connectivity index (χ2n) is 17.2. The van der Waals surface area contributed by atoms with Crippen molar-refractivity contribution in [2.75, 3.05) is 13.7 Å². The van der Waals surface area contributed by atoms with Crippen molar-refractivity contribution < 1.29 is 71.8 Å². The standard InChI is InChI=1S/C41H54O15/c1-19-17-40(48)28-15-16-36(9)27-14-13-20(2)51-21(3)39(27,18-50-22(4)42)32(53-24(6)44)29(52-23(5)43)30(36)37(28,10)33(54-25(7)45)34(55-26(8)46)38(40,11)41(31(19)56-41)35(47)49-12/h13-14,21,27-34,48H,1-2,15-18H2,3-12H3/t21-,27+,28-,29+,30+,31-,32+,33-,34+,36+,37+,38-,39-,40-,41+/m1/s1. The van der Waals surface area contributed by atoms with Crippen LogP contribution in [-0.4, -0.2) is 102 Å². The SMILES string of the molecule is C=C1C=C[C@H]2[C@]3(C)CC[C@@H]4[C@](C)([C@H](OC(C)=O)[C@H](OC(C)=O)[C@]5(C)[C@@]4(O)CC(=C)[C@H]4O[C@]45C(=O)OC)[C@H]3[C@H](OC(C)=O)[C@H](OC(C)=O)[C@]2(COC(C)=O)[C@@H](C)O1. The van der Waals surface area contributed by atoms with Gasteiger partial charge in [0.2, 0.25) is 5.60 Å². The summed E-state index contributed by atoms with van der Waals surface area (Å²) in [6.45, 7) is 21.0. The van der Waals surface area contributed by atoms with Crippen LogP contribution in [0.1, 0.15) is 81.6 Å². The van der Waals surface area contributed by atoms with Crippen LogP contribution in [0, 0.1) is 39.4 Å². The topological polar surface area (TPSA) is 200 Å². The molecule has 0 spiro atoms. The number of methoxy groups -OCH3 is 1. The highest BCUT2D eigenvalue weighted by Gasteiger charge is 2.91. The molecule has 0 aromatic rings. The van der Waals surface area contributed by atoms with E-state index in [4.69, 9.17) is 37.9 Å². The van der Waals surface area contributed by atoms with E-state index in [1.807, 2.05) is 13.0 Å². The predicted molar refractivity (Wildman–Crippen MR) is 192 cm³/mol. The molecule has 2 heterocycles. The minimum absolute atomic E-state index is 0.100. The zero-order valence-corrected chi connectivity index (χ0v) is 33.8. The maximum Gasteiger partial charge on any atom is 0.342 e. The number of ether oxygens (including phenoxy) is 8. The zero-order valence-electron chi connectivity index (χ0n) is 33.8. The molecule has 308 valence electrons. The van der Waals surface area contributed by atoms with Crippen molar-refractivity contribution in [3.05, 3.63) is 36.6 Å². The van der Waals surface area contributed by atoms with Crippen LogP contribution < -0.4 is 0 Å². The lowest BCUT2D eigenvalue weighted by Crippen LogP contribution is -2.84. The highest BCUT2D eigenvalue weighted by molar-refractivity contribution is 5.87. The molecule has 1 saturated heterocycles. The van der Waals surface area contributed by atoms with Crippen molar-refractivity contribution in [3.8, 4) is 0 Å². The zero-order chi connectivity index (χ0) is 41.7. The lowest BCUT2D eigenvalue weighted by Gasteiger charge is -2.74. The van der Waals surface area contributed by atoms with E-state index in [0.29, 0.717) is 12.0 Å². The molecule has 0 bridgehead atoms. The summed E-state index contributed by atoms with van der Waals surface area (Å²) in [5, 5.41) is 13.7. The minimum atomic E-state index is -1.97. The molecular weight excluding hydrogens is 732 g/mol. The lowest BCUT2D eigenvalue weighted by molar-refractivity contribution is -0.357. The van der Waals surface area contributed by atoms with E-state index in [0.717, 1.165) is 6.92 Å². The van der Waals surface area contributed by atoms with Gasteiger partial charge in [-0.3, -0.25) is 24.0 Å². The lowest BCUT2D eigenvalue weighted by atomic mass is 9.31. The van der Waals surface area contributed by atoms with Gasteiger partial charge in [0.15, 0.2) is 12.2 Å². The molecule has 6 aliphatic rings. The maximum absolute atomic E-state index is 14.0. The van der Waals surface area contributed by atoms with Gasteiger partial charge in [0, 0.05) is 52.4 Å². The fourth-order valence-corrected chi connectivity index (χ4v) is 12.7. The second kappa shape index (κ2) is 13.4. The summed E-state index contributed by atoms with van der Waals surface area (Å²) in [6, 6.07) is 0. The minimum Gasteiger partial charge on any atom is -0.490 e. The Morgan fingerprint density at radius 1 is 0.857 bits per heavy atom. The molecule has 15 atom stereocenters. The summed E-state index contributed by atoms with van der Waals surface area (Å²) < 4.78 is 48.7. The van der Waals surface area contributed by atoms with E-state index >= 15 is 0 Å². The maximum atomic E-state index is 14.0. The quantitative estimate of drug-likeness (QED) is 0.170. The summed E-state index contributed by atoms with van der Waals surface area (Å²) in [6.07, 6.45) is -3.50. The average Bonchev–Trinajstić information content (AvgIpc) is 3.87. The van der Waals surface area contributed by atoms with Crippen LogP contribution in [-0.2, 0) is 66.7 Å². The molecule has 15 heteroatoms. The third kappa shape index (κ3) is 5.35. The number of hydrogen-bond donors (Lipinski definition) is 1. The normalized spacial score (nSPS) is 45.7. The number of fused-ring (bicyclic) bond motifs is 9. The molecule has 15 nitrogen and oxygen atoms in total. The fourth-order valence-electron chi connectivity index (χ4n) is 12.7. The van der Waals surface area contributed by atoms with E-state index in [2.05, 4.69) is 13.2 Å². The van der Waals surface area contributed by atoms with Gasteiger partial charge in [-0.2, -0.15) is 0 Å². The average molecular weight is 787 g/mol. The first-order valence-electron chi connectivity index (χ1n) is 19.0. The van der Waals surface area contributed by atoms with Gasteiger partial charge in [0.25, 0.3) is 0 Å². The number of esters is 6. The number of carbonyl (C=O) groups is 6. The Hall–Kier alpha value is -4.24. The van der Waals surface area contributed by atoms with Crippen molar-refractivity contribution in [3.63, 3.8) is 0 Å². The van der Waals surface area contributed by atoms with Crippen LogP contribution in [0.5, 0.6) is 0 Å². The fraction of sp³-hybridized carbons (Fsp3) is 0.707. The monoisotopic (exact) mass is 786 g/mol. The van der Waals surface area contributed by atoms with E-state index in [-0.39, 0.29) is 25.2 Å². The van der Waals surface area contributed by atoms with Crippen molar-refractivity contribution in [2.45, 2.75) is 129 Å². The Labute approximate surface area is 326 Å². The molecule has 56 heavy (non-hydrogen) atoms. The summed E-state index contributed by atoms with van der Waals surface area (Å²) in [5.41, 5.74) is -9.19. The third-order valence-corrected chi connectivity index (χ3v) is 14.5. The van der Waals surface area contributed by atoms with Gasteiger partial charge in [-0.05, 0) is 55.6 Å². The van der Waals surface area contributed by atoms with Crippen LogP contribution in [0.15, 0.2) is 36.6 Å². The summed E-state index contributed by atoms with van der Waals surface area (Å²) in [7, 11) is 1.18. The van der Waals surface area contributed by atoms with Crippen LogP contribution in [0.25, 0.3) is 0 Å². The van der Waals surface area contributed by atoms with E-state index < -0.39 is 123 Å². The molecule has 0 amide bonds.